The molecular formula is C18H14F4N6O3. The van der Waals surface area contributed by atoms with E-state index in [1.54, 1.807) is 19.2 Å². The predicted molar refractivity (Wildman–Crippen MR) is 97.1 cm³/mol. The van der Waals surface area contributed by atoms with Crippen molar-refractivity contribution in [1.82, 2.24) is 25.2 Å². The monoisotopic (exact) mass is 438 g/mol. The maximum atomic E-state index is 14.7. The molecule has 2 aromatic heterocycles. The first-order valence-corrected chi connectivity index (χ1v) is 8.85. The van der Waals surface area contributed by atoms with Gasteiger partial charge in [0, 0.05) is 17.3 Å². The third-order valence-electron chi connectivity index (χ3n) is 4.63. The van der Waals surface area contributed by atoms with Gasteiger partial charge >= 0.3 is 12.0 Å². The minimum atomic E-state index is -4.30. The van der Waals surface area contributed by atoms with E-state index in [4.69, 9.17) is 5.11 Å². The van der Waals surface area contributed by atoms with Crippen molar-refractivity contribution in [3.8, 4) is 22.6 Å². The summed E-state index contributed by atoms with van der Waals surface area (Å²) in [5, 5.41) is 20.1. The van der Waals surface area contributed by atoms with Crippen molar-refractivity contribution < 1.29 is 32.2 Å². The van der Waals surface area contributed by atoms with Gasteiger partial charge in [-0.1, -0.05) is 6.07 Å². The Kier molecular flexibility index (Phi) is 5.05. The highest BCUT2D eigenvalue weighted by Crippen LogP contribution is 2.34. The van der Waals surface area contributed by atoms with Gasteiger partial charge in [0.15, 0.2) is 6.10 Å². The molecular weight excluding hydrogens is 424 g/mol. The molecule has 0 bridgehead atoms. The lowest BCUT2D eigenvalue weighted by Gasteiger charge is -2.21. The standard InChI is InChI=1S/C18H14F4N6O3/c1-27-25-15(24-26-27)13-5-2-9(7-23-13)11-4-3-10(6-12(11)19)28-8-14(31-17(28)30)18(21,22)16(20)29/h2-7,14,16,29H,8H2,1H3/t14-,16+/m1/s1. The Morgan fingerprint density at radius 1 is 1.29 bits per heavy atom. The van der Waals surface area contributed by atoms with Crippen molar-refractivity contribution in [3.05, 3.63) is 42.3 Å². The Balaban J connectivity index is 1.55. The van der Waals surface area contributed by atoms with Gasteiger partial charge in [0.1, 0.15) is 11.5 Å². The number of nitrogens with zero attached hydrogens (tertiary/aromatic N) is 6. The number of hydrogen-bond donors (Lipinski definition) is 1. The van der Waals surface area contributed by atoms with E-state index in [9.17, 15) is 22.4 Å². The molecule has 0 radical (unpaired) electrons. The van der Waals surface area contributed by atoms with Gasteiger partial charge in [-0.25, -0.2) is 13.6 Å². The summed E-state index contributed by atoms with van der Waals surface area (Å²) < 4.78 is 59.1. The van der Waals surface area contributed by atoms with Gasteiger partial charge in [0.05, 0.1) is 19.3 Å². The zero-order chi connectivity index (χ0) is 22.3. The van der Waals surface area contributed by atoms with Crippen LogP contribution in [0, 0.1) is 5.82 Å². The number of amides is 1. The normalized spacial score (nSPS) is 17.7. The van der Waals surface area contributed by atoms with Crippen molar-refractivity contribution in [2.24, 2.45) is 7.05 Å². The number of carbonyl (C=O) groups excluding carboxylic acids is 1. The number of aliphatic hydroxyl groups is 1. The zero-order valence-electron chi connectivity index (χ0n) is 15.8. The minimum absolute atomic E-state index is 0.0637. The van der Waals surface area contributed by atoms with E-state index in [1.807, 2.05) is 0 Å². The largest absolute Gasteiger partial charge is 0.437 e. The molecule has 0 saturated carbocycles. The Labute approximate surface area is 171 Å². The highest BCUT2D eigenvalue weighted by molar-refractivity contribution is 5.90. The molecule has 1 saturated heterocycles. The second-order valence-electron chi connectivity index (χ2n) is 6.69. The van der Waals surface area contributed by atoms with Gasteiger partial charge in [-0.3, -0.25) is 9.88 Å². The second kappa shape index (κ2) is 7.58. The summed E-state index contributed by atoms with van der Waals surface area (Å²) in [6.45, 7) is -0.757. The molecule has 0 spiro atoms. The number of aliphatic hydroxyl groups excluding tert-OH is 1. The van der Waals surface area contributed by atoms with Crippen molar-refractivity contribution in [2.45, 2.75) is 18.4 Å². The molecule has 4 rings (SSSR count). The molecule has 1 fully saturated rings. The molecule has 13 heteroatoms. The highest BCUT2D eigenvalue weighted by atomic mass is 19.3. The summed E-state index contributed by atoms with van der Waals surface area (Å²) in [5.41, 5.74) is 0.913. The number of carbonyl (C=O) groups is 1. The highest BCUT2D eigenvalue weighted by Gasteiger charge is 2.54. The molecule has 0 unspecified atom stereocenters. The van der Waals surface area contributed by atoms with Gasteiger partial charge in [-0.15, -0.1) is 10.2 Å². The number of benzene rings is 1. The van der Waals surface area contributed by atoms with Crippen LogP contribution in [0.25, 0.3) is 22.6 Å². The molecule has 1 aromatic carbocycles. The number of rotatable bonds is 5. The van der Waals surface area contributed by atoms with Crippen molar-refractivity contribution >= 4 is 11.8 Å². The quantitative estimate of drug-likeness (QED) is 0.610. The van der Waals surface area contributed by atoms with Gasteiger partial charge in [0.2, 0.25) is 5.82 Å². The number of ether oxygens (including phenoxy) is 1. The molecule has 31 heavy (non-hydrogen) atoms. The van der Waals surface area contributed by atoms with Crippen LogP contribution in [0.15, 0.2) is 36.5 Å². The number of anilines is 1. The molecule has 2 atom stereocenters. The summed E-state index contributed by atoms with van der Waals surface area (Å²) in [5.74, 6) is -4.76. The molecule has 3 heterocycles. The molecule has 9 nitrogen and oxygen atoms in total. The van der Waals surface area contributed by atoms with Crippen LogP contribution in [-0.2, 0) is 11.8 Å². The van der Waals surface area contributed by atoms with E-state index in [2.05, 4.69) is 25.1 Å². The van der Waals surface area contributed by atoms with Crippen molar-refractivity contribution in [2.75, 3.05) is 11.4 Å². The molecule has 0 aliphatic carbocycles. The summed E-state index contributed by atoms with van der Waals surface area (Å²) in [6, 6.07) is 6.78. The van der Waals surface area contributed by atoms with Crippen LogP contribution >= 0.6 is 0 Å². The number of tetrazole rings is 1. The first-order valence-electron chi connectivity index (χ1n) is 8.85. The van der Waals surface area contributed by atoms with Crippen LogP contribution in [0.1, 0.15) is 0 Å². The summed E-state index contributed by atoms with van der Waals surface area (Å²) in [7, 11) is 1.60. The lowest BCUT2D eigenvalue weighted by Crippen LogP contribution is -2.44. The van der Waals surface area contributed by atoms with E-state index < -0.39 is 36.8 Å². The minimum Gasteiger partial charge on any atom is -0.437 e. The molecule has 1 N–H and O–H groups in total. The van der Waals surface area contributed by atoms with E-state index in [1.165, 1.54) is 23.1 Å². The van der Waals surface area contributed by atoms with Crippen molar-refractivity contribution in [3.63, 3.8) is 0 Å². The van der Waals surface area contributed by atoms with Crippen molar-refractivity contribution in [1.29, 1.82) is 0 Å². The average Bonchev–Trinajstić information content (AvgIpc) is 3.34. The van der Waals surface area contributed by atoms with E-state index in [-0.39, 0.29) is 11.3 Å². The number of hydrogen-bond acceptors (Lipinski definition) is 7. The Morgan fingerprint density at radius 3 is 2.65 bits per heavy atom. The summed E-state index contributed by atoms with van der Waals surface area (Å²) >= 11 is 0. The zero-order valence-corrected chi connectivity index (χ0v) is 15.8. The fourth-order valence-electron chi connectivity index (χ4n) is 3.01. The molecule has 1 amide bonds. The van der Waals surface area contributed by atoms with Crippen LogP contribution in [0.2, 0.25) is 0 Å². The van der Waals surface area contributed by atoms with Crippen LogP contribution in [-0.4, -0.2) is 61.3 Å². The average molecular weight is 438 g/mol. The first-order chi connectivity index (χ1) is 14.7. The number of aromatic nitrogens is 5. The lowest BCUT2D eigenvalue weighted by molar-refractivity contribution is -0.209. The molecule has 1 aliphatic rings. The van der Waals surface area contributed by atoms with Crippen LogP contribution in [0.3, 0.4) is 0 Å². The van der Waals surface area contributed by atoms with E-state index in [0.29, 0.717) is 17.1 Å². The molecule has 162 valence electrons. The number of alkyl halides is 3. The maximum absolute atomic E-state index is 14.7. The summed E-state index contributed by atoms with van der Waals surface area (Å²) in [4.78, 5) is 18.1. The van der Waals surface area contributed by atoms with Crippen LogP contribution in [0.4, 0.5) is 28.0 Å². The van der Waals surface area contributed by atoms with Gasteiger partial charge in [-0.05, 0) is 29.5 Å². The first kappa shape index (κ1) is 20.7. The smallest absolute Gasteiger partial charge is 0.414 e. The topological polar surface area (TPSA) is 106 Å². The molecule has 3 aromatic rings. The number of pyridine rings is 1. The van der Waals surface area contributed by atoms with Gasteiger partial charge in [0.25, 0.3) is 6.36 Å². The SMILES string of the molecule is Cn1nnc(-c2ccc(-c3ccc(N4C[C@H](C(F)(F)[C@H](O)F)OC4=O)cc3F)cn2)n1. The predicted octanol–water partition coefficient (Wildman–Crippen LogP) is 2.33. The Morgan fingerprint density at radius 2 is 2.06 bits per heavy atom. The van der Waals surface area contributed by atoms with E-state index >= 15 is 0 Å². The lowest BCUT2D eigenvalue weighted by atomic mass is 10.1. The number of aryl methyl sites for hydroxylation is 1. The number of halogens is 4. The molecule has 1 aliphatic heterocycles. The number of cyclic esters (lactones) is 1. The summed E-state index contributed by atoms with van der Waals surface area (Å²) in [6.07, 6.45) is -5.53. The second-order valence-corrected chi connectivity index (χ2v) is 6.69. The maximum Gasteiger partial charge on any atom is 0.414 e. The Hall–Kier alpha value is -3.61. The third-order valence-corrected chi connectivity index (χ3v) is 4.63. The third kappa shape index (κ3) is 3.79. The fourth-order valence-corrected chi connectivity index (χ4v) is 3.01. The van der Waals surface area contributed by atoms with Gasteiger partial charge in [-0.2, -0.15) is 13.6 Å². The van der Waals surface area contributed by atoms with E-state index in [0.717, 1.165) is 11.0 Å². The van der Waals surface area contributed by atoms with Crippen LogP contribution in [0.5, 0.6) is 0 Å². The van der Waals surface area contributed by atoms with Gasteiger partial charge < -0.3 is 9.84 Å². The Bertz CT molecular complexity index is 1120. The van der Waals surface area contributed by atoms with Crippen LogP contribution < -0.4 is 4.90 Å². The fraction of sp³-hybridized carbons (Fsp3) is 0.278.